The van der Waals surface area contributed by atoms with E-state index in [0.717, 1.165) is 37.1 Å². The van der Waals surface area contributed by atoms with E-state index in [1.54, 1.807) is 6.20 Å². The molecule has 0 amide bonds. The molecule has 140 valence electrons. The first-order valence-electron chi connectivity index (χ1n) is 9.31. The Morgan fingerprint density at radius 3 is 2.52 bits per heavy atom. The van der Waals surface area contributed by atoms with Crippen molar-refractivity contribution in [3.63, 3.8) is 0 Å². The lowest BCUT2D eigenvalue weighted by Gasteiger charge is -2.32. The van der Waals surface area contributed by atoms with Gasteiger partial charge in [0.15, 0.2) is 5.65 Å². The van der Waals surface area contributed by atoms with Crippen LogP contribution in [0.2, 0.25) is 0 Å². The normalized spacial score (nSPS) is 22.1. The molecular formula is C18H22N8O. The predicted molar refractivity (Wildman–Crippen MR) is 101 cm³/mol. The van der Waals surface area contributed by atoms with Gasteiger partial charge in [-0.1, -0.05) is 0 Å². The van der Waals surface area contributed by atoms with E-state index >= 15 is 0 Å². The SMILES string of the molecule is CC(C)n1cnc2c(-c3cnc(N)cn3)nc(N3CC4CCC(C3)O4)nc21. The molecule has 2 N–H and O–H groups in total. The molecule has 2 aliphatic heterocycles. The Hall–Kier alpha value is -2.81. The molecule has 2 aliphatic rings. The number of nitrogens with two attached hydrogens (primary N) is 1. The van der Waals surface area contributed by atoms with E-state index in [1.165, 1.54) is 6.20 Å². The summed E-state index contributed by atoms with van der Waals surface area (Å²) in [5.74, 6) is 1.07. The summed E-state index contributed by atoms with van der Waals surface area (Å²) >= 11 is 0. The number of nitrogens with zero attached hydrogens (tertiary/aromatic N) is 7. The fourth-order valence-corrected chi connectivity index (χ4v) is 3.84. The number of aromatic nitrogens is 6. The summed E-state index contributed by atoms with van der Waals surface area (Å²) in [6, 6.07) is 0.240. The van der Waals surface area contributed by atoms with Crippen molar-refractivity contribution in [1.82, 2.24) is 29.5 Å². The Labute approximate surface area is 156 Å². The molecule has 0 aromatic carbocycles. The van der Waals surface area contributed by atoms with Gasteiger partial charge in [0, 0.05) is 19.1 Å². The van der Waals surface area contributed by atoms with Crippen molar-refractivity contribution in [3.8, 4) is 11.4 Å². The Kier molecular flexibility index (Phi) is 3.71. The largest absolute Gasteiger partial charge is 0.382 e. The first-order chi connectivity index (χ1) is 13.1. The highest BCUT2D eigenvalue weighted by Gasteiger charge is 2.35. The lowest BCUT2D eigenvalue weighted by molar-refractivity contribution is 0.0299. The topological polar surface area (TPSA) is 108 Å². The highest BCUT2D eigenvalue weighted by atomic mass is 16.5. The van der Waals surface area contributed by atoms with Gasteiger partial charge in [-0.15, -0.1) is 0 Å². The summed E-state index contributed by atoms with van der Waals surface area (Å²) in [6.07, 6.45) is 7.71. The Balaban J connectivity index is 1.67. The number of anilines is 2. The minimum atomic E-state index is 0.240. The summed E-state index contributed by atoms with van der Waals surface area (Å²) in [7, 11) is 0. The van der Waals surface area contributed by atoms with Gasteiger partial charge in [-0.25, -0.2) is 19.9 Å². The molecule has 27 heavy (non-hydrogen) atoms. The number of hydrogen-bond donors (Lipinski definition) is 1. The Bertz CT molecular complexity index is 971. The second kappa shape index (κ2) is 6.12. The van der Waals surface area contributed by atoms with E-state index in [2.05, 4.69) is 38.3 Å². The number of imidazole rings is 1. The molecule has 9 heteroatoms. The maximum absolute atomic E-state index is 5.96. The number of hydrogen-bond acceptors (Lipinski definition) is 8. The van der Waals surface area contributed by atoms with Gasteiger partial charge in [0.05, 0.1) is 30.9 Å². The zero-order valence-corrected chi connectivity index (χ0v) is 15.4. The fourth-order valence-electron chi connectivity index (χ4n) is 3.84. The van der Waals surface area contributed by atoms with Crippen LogP contribution in [0.3, 0.4) is 0 Å². The lowest BCUT2D eigenvalue weighted by atomic mass is 10.2. The predicted octanol–water partition coefficient (Wildman–Crippen LogP) is 1.81. The Morgan fingerprint density at radius 2 is 1.85 bits per heavy atom. The van der Waals surface area contributed by atoms with Crippen LogP contribution in [-0.4, -0.2) is 54.8 Å². The van der Waals surface area contributed by atoms with Gasteiger partial charge in [-0.05, 0) is 26.7 Å². The molecule has 2 unspecified atom stereocenters. The number of morpholine rings is 1. The highest BCUT2D eigenvalue weighted by molar-refractivity contribution is 5.87. The first kappa shape index (κ1) is 16.4. The molecule has 2 saturated heterocycles. The smallest absolute Gasteiger partial charge is 0.228 e. The van der Waals surface area contributed by atoms with Crippen molar-refractivity contribution in [2.75, 3.05) is 23.7 Å². The highest BCUT2D eigenvalue weighted by Crippen LogP contribution is 2.31. The molecule has 9 nitrogen and oxygen atoms in total. The average Bonchev–Trinajstić information content (AvgIpc) is 3.24. The van der Waals surface area contributed by atoms with Crippen LogP contribution >= 0.6 is 0 Å². The molecule has 0 radical (unpaired) electrons. The first-order valence-corrected chi connectivity index (χ1v) is 9.31. The van der Waals surface area contributed by atoms with Gasteiger partial charge in [-0.2, -0.15) is 4.98 Å². The van der Waals surface area contributed by atoms with E-state index in [-0.39, 0.29) is 18.2 Å². The molecule has 3 aromatic heterocycles. The summed E-state index contributed by atoms with van der Waals surface area (Å²) < 4.78 is 8.02. The number of fused-ring (bicyclic) bond motifs is 3. The van der Waals surface area contributed by atoms with Crippen molar-refractivity contribution in [1.29, 1.82) is 0 Å². The van der Waals surface area contributed by atoms with Gasteiger partial charge in [0.25, 0.3) is 0 Å². The summed E-state index contributed by atoms with van der Waals surface area (Å²) in [5.41, 5.74) is 8.55. The van der Waals surface area contributed by atoms with Crippen molar-refractivity contribution >= 4 is 22.9 Å². The van der Waals surface area contributed by atoms with Crippen LogP contribution in [-0.2, 0) is 4.74 Å². The van der Waals surface area contributed by atoms with Crippen LogP contribution in [0.5, 0.6) is 0 Å². The van der Waals surface area contributed by atoms with Crippen LogP contribution in [0.25, 0.3) is 22.6 Å². The minimum Gasteiger partial charge on any atom is -0.382 e. The van der Waals surface area contributed by atoms with Gasteiger partial charge in [-0.3, -0.25) is 0 Å². The maximum Gasteiger partial charge on any atom is 0.228 e. The molecule has 0 spiro atoms. The van der Waals surface area contributed by atoms with Crippen molar-refractivity contribution in [2.45, 2.75) is 44.9 Å². The lowest BCUT2D eigenvalue weighted by Crippen LogP contribution is -2.43. The second-order valence-electron chi connectivity index (χ2n) is 7.48. The molecule has 5 rings (SSSR count). The average molecular weight is 366 g/mol. The van der Waals surface area contributed by atoms with E-state index in [9.17, 15) is 0 Å². The summed E-state index contributed by atoms with van der Waals surface area (Å²) in [6.45, 7) is 5.84. The fraction of sp³-hybridized carbons (Fsp3) is 0.500. The zero-order chi connectivity index (χ0) is 18.5. The van der Waals surface area contributed by atoms with Gasteiger partial charge in [0.2, 0.25) is 5.95 Å². The second-order valence-corrected chi connectivity index (χ2v) is 7.48. The molecule has 0 aliphatic carbocycles. The third-order valence-electron chi connectivity index (χ3n) is 5.21. The van der Waals surface area contributed by atoms with Gasteiger partial charge >= 0.3 is 0 Å². The van der Waals surface area contributed by atoms with Crippen molar-refractivity contribution in [2.24, 2.45) is 0 Å². The number of ether oxygens (including phenoxy) is 1. The Morgan fingerprint density at radius 1 is 1.07 bits per heavy atom. The number of nitrogen functional groups attached to an aromatic ring is 1. The van der Waals surface area contributed by atoms with Crippen LogP contribution in [0.1, 0.15) is 32.7 Å². The third-order valence-corrected chi connectivity index (χ3v) is 5.21. The van der Waals surface area contributed by atoms with Gasteiger partial charge < -0.3 is 19.9 Å². The molecule has 0 saturated carbocycles. The zero-order valence-electron chi connectivity index (χ0n) is 15.4. The standard InChI is InChI=1S/C18H22N8O/c1-10(2)26-9-22-16-15(13-5-21-14(19)6-20-13)23-18(24-17(16)26)25-7-11-3-4-12(8-25)27-11/h5-6,9-12H,3-4,7-8H2,1-2H3,(H2,19,21). The molecular weight excluding hydrogens is 344 g/mol. The van der Waals surface area contributed by atoms with E-state index in [0.29, 0.717) is 23.2 Å². The van der Waals surface area contributed by atoms with Crippen molar-refractivity contribution < 1.29 is 4.74 Å². The summed E-state index contributed by atoms with van der Waals surface area (Å²) in [5, 5.41) is 0. The maximum atomic E-state index is 5.96. The van der Waals surface area contributed by atoms with Crippen LogP contribution in [0.15, 0.2) is 18.7 Å². The van der Waals surface area contributed by atoms with E-state index in [1.807, 2.05) is 6.33 Å². The molecule has 2 atom stereocenters. The van der Waals surface area contributed by atoms with Crippen LogP contribution in [0, 0.1) is 0 Å². The molecule has 2 bridgehead atoms. The van der Waals surface area contributed by atoms with Crippen LogP contribution < -0.4 is 10.6 Å². The van der Waals surface area contributed by atoms with E-state index in [4.69, 9.17) is 20.4 Å². The van der Waals surface area contributed by atoms with Gasteiger partial charge in [0.1, 0.15) is 22.7 Å². The van der Waals surface area contributed by atoms with E-state index < -0.39 is 0 Å². The summed E-state index contributed by atoms with van der Waals surface area (Å²) in [4.78, 5) is 25.1. The quantitative estimate of drug-likeness (QED) is 0.748. The molecule has 2 fully saturated rings. The molecule has 3 aromatic rings. The molecule has 5 heterocycles. The number of rotatable bonds is 3. The minimum absolute atomic E-state index is 0.240. The van der Waals surface area contributed by atoms with Crippen LogP contribution in [0.4, 0.5) is 11.8 Å². The third kappa shape index (κ3) is 2.78. The monoisotopic (exact) mass is 366 g/mol. The van der Waals surface area contributed by atoms with Crippen molar-refractivity contribution in [3.05, 3.63) is 18.7 Å².